The van der Waals surface area contributed by atoms with Crippen LogP contribution in [0.1, 0.15) is 16.7 Å². The van der Waals surface area contributed by atoms with Crippen molar-refractivity contribution in [3.8, 4) is 0 Å². The Bertz CT molecular complexity index is 463. The smallest absolute Gasteiger partial charge is 0.131 e. The molecular formula is C9H8BrClN2OS. The summed E-state index contributed by atoms with van der Waals surface area (Å²) in [5.41, 5.74) is 0.617. The van der Waals surface area contributed by atoms with E-state index in [0.29, 0.717) is 10.7 Å². The first kappa shape index (κ1) is 11.1. The van der Waals surface area contributed by atoms with Crippen LogP contribution in [0, 0.1) is 0 Å². The van der Waals surface area contributed by atoms with Crippen LogP contribution in [0.25, 0.3) is 0 Å². The summed E-state index contributed by atoms with van der Waals surface area (Å²) >= 11 is 10.8. The molecule has 0 amide bonds. The maximum atomic E-state index is 10.1. The summed E-state index contributed by atoms with van der Waals surface area (Å²) in [5, 5.41) is 14.6. The summed E-state index contributed by atoms with van der Waals surface area (Å²) in [4.78, 5) is 0.840. The number of hydrogen-bond acceptors (Lipinski definition) is 3. The molecule has 2 heterocycles. The highest BCUT2D eigenvalue weighted by molar-refractivity contribution is 9.11. The first-order valence-electron chi connectivity index (χ1n) is 4.20. The zero-order valence-corrected chi connectivity index (χ0v) is 11.0. The molecule has 0 radical (unpaired) electrons. The quantitative estimate of drug-likeness (QED) is 0.926. The summed E-state index contributed by atoms with van der Waals surface area (Å²) in [6.07, 6.45) is 0.809. The molecule has 15 heavy (non-hydrogen) atoms. The highest BCUT2D eigenvalue weighted by Gasteiger charge is 2.19. The molecule has 2 aromatic heterocycles. The highest BCUT2D eigenvalue weighted by atomic mass is 79.9. The van der Waals surface area contributed by atoms with Gasteiger partial charge in [-0.2, -0.15) is 5.10 Å². The molecule has 0 spiro atoms. The van der Waals surface area contributed by atoms with Crippen LogP contribution in [-0.2, 0) is 7.05 Å². The Kier molecular flexibility index (Phi) is 3.16. The van der Waals surface area contributed by atoms with Gasteiger partial charge in [-0.15, -0.1) is 11.3 Å². The Morgan fingerprint density at radius 2 is 2.33 bits per heavy atom. The number of aryl methyl sites for hydroxylation is 1. The van der Waals surface area contributed by atoms with Crippen LogP contribution >= 0.6 is 38.9 Å². The van der Waals surface area contributed by atoms with E-state index in [0.717, 1.165) is 8.66 Å². The Hall–Kier alpha value is -0.360. The number of aromatic nitrogens is 2. The highest BCUT2D eigenvalue weighted by Crippen LogP contribution is 2.33. The molecule has 0 saturated heterocycles. The van der Waals surface area contributed by atoms with Crippen LogP contribution in [0.4, 0.5) is 0 Å². The van der Waals surface area contributed by atoms with Gasteiger partial charge in [0.25, 0.3) is 0 Å². The van der Waals surface area contributed by atoms with Gasteiger partial charge in [0.05, 0.1) is 20.7 Å². The minimum Gasteiger partial charge on any atom is -0.381 e. The lowest BCUT2D eigenvalue weighted by atomic mass is 10.2. The second kappa shape index (κ2) is 4.25. The van der Waals surface area contributed by atoms with E-state index in [-0.39, 0.29) is 0 Å². The average Bonchev–Trinajstić information content (AvgIpc) is 2.73. The van der Waals surface area contributed by atoms with Gasteiger partial charge in [0.2, 0.25) is 0 Å². The van der Waals surface area contributed by atoms with Crippen molar-refractivity contribution in [2.45, 2.75) is 6.10 Å². The first-order valence-corrected chi connectivity index (χ1v) is 6.19. The van der Waals surface area contributed by atoms with Crippen LogP contribution in [-0.4, -0.2) is 14.9 Å². The van der Waals surface area contributed by atoms with Gasteiger partial charge in [0.15, 0.2) is 0 Å². The molecule has 0 aliphatic heterocycles. The monoisotopic (exact) mass is 306 g/mol. The second-order valence-corrected chi connectivity index (χ2v) is 5.95. The molecule has 2 aromatic rings. The van der Waals surface area contributed by atoms with Gasteiger partial charge in [-0.05, 0) is 28.1 Å². The van der Waals surface area contributed by atoms with Crippen molar-refractivity contribution in [2.75, 3.05) is 0 Å². The zero-order chi connectivity index (χ0) is 11.0. The van der Waals surface area contributed by atoms with Crippen LogP contribution in [0.5, 0.6) is 0 Å². The minimum absolute atomic E-state index is 0.481. The van der Waals surface area contributed by atoms with Crippen molar-refractivity contribution >= 4 is 38.9 Å². The zero-order valence-electron chi connectivity index (χ0n) is 7.82. The van der Waals surface area contributed by atoms with Crippen molar-refractivity contribution in [1.29, 1.82) is 0 Å². The maximum Gasteiger partial charge on any atom is 0.131 e. The lowest BCUT2D eigenvalue weighted by Crippen LogP contribution is -2.05. The molecular weight excluding hydrogens is 300 g/mol. The minimum atomic E-state index is -0.721. The molecule has 1 N–H and O–H groups in total. The molecule has 1 unspecified atom stereocenters. The van der Waals surface area contributed by atoms with Crippen LogP contribution in [0.2, 0.25) is 5.02 Å². The predicted octanol–water partition coefficient (Wildman–Crippen LogP) is 2.98. The molecule has 1 atom stereocenters. The van der Waals surface area contributed by atoms with E-state index in [1.165, 1.54) is 17.5 Å². The standard InChI is InChI=1S/C9H8BrClN2OS/c1-13-8(5(11)4-12-13)9(14)6-2-3-7(10)15-6/h2-4,9,14H,1H3. The summed E-state index contributed by atoms with van der Waals surface area (Å²) in [5.74, 6) is 0. The van der Waals surface area contributed by atoms with Crippen molar-refractivity contribution in [1.82, 2.24) is 9.78 Å². The van der Waals surface area contributed by atoms with Crippen molar-refractivity contribution < 1.29 is 5.11 Å². The molecule has 0 aliphatic rings. The SMILES string of the molecule is Cn1ncc(Cl)c1C(O)c1ccc(Br)s1. The molecule has 0 aromatic carbocycles. The fraction of sp³-hybridized carbons (Fsp3) is 0.222. The number of rotatable bonds is 2. The van der Waals surface area contributed by atoms with E-state index >= 15 is 0 Å². The molecule has 0 fully saturated rings. The lowest BCUT2D eigenvalue weighted by molar-refractivity contribution is 0.213. The van der Waals surface area contributed by atoms with Crippen LogP contribution in [0.3, 0.4) is 0 Å². The number of nitrogens with zero attached hydrogens (tertiary/aromatic N) is 2. The Morgan fingerprint density at radius 1 is 1.60 bits per heavy atom. The van der Waals surface area contributed by atoms with Gasteiger partial charge in [0.1, 0.15) is 6.10 Å². The Morgan fingerprint density at radius 3 is 2.80 bits per heavy atom. The number of aliphatic hydroxyl groups is 1. The number of halogens is 2. The summed E-state index contributed by atoms with van der Waals surface area (Å²) in [6, 6.07) is 3.76. The van der Waals surface area contributed by atoms with Crippen LogP contribution in [0.15, 0.2) is 22.1 Å². The molecule has 2 rings (SSSR count). The summed E-state index contributed by atoms with van der Waals surface area (Å²) < 4.78 is 2.57. The number of aliphatic hydroxyl groups excluding tert-OH is 1. The Labute approximate surface area is 104 Å². The molecule has 3 nitrogen and oxygen atoms in total. The third-order valence-corrected chi connectivity index (χ3v) is 4.03. The van der Waals surface area contributed by atoms with E-state index in [9.17, 15) is 5.11 Å². The van der Waals surface area contributed by atoms with Crippen LogP contribution < -0.4 is 0 Å². The molecule has 6 heteroatoms. The number of thiophene rings is 1. The molecule has 0 saturated carbocycles. The van der Waals surface area contributed by atoms with Gasteiger partial charge < -0.3 is 5.11 Å². The van der Waals surface area contributed by atoms with Gasteiger partial charge in [-0.1, -0.05) is 11.6 Å². The lowest BCUT2D eigenvalue weighted by Gasteiger charge is -2.09. The molecule has 80 valence electrons. The van der Waals surface area contributed by atoms with E-state index in [1.807, 2.05) is 12.1 Å². The maximum absolute atomic E-state index is 10.1. The van der Waals surface area contributed by atoms with Crippen molar-refractivity contribution in [3.63, 3.8) is 0 Å². The van der Waals surface area contributed by atoms with Gasteiger partial charge in [-0.3, -0.25) is 4.68 Å². The largest absolute Gasteiger partial charge is 0.381 e. The van der Waals surface area contributed by atoms with Gasteiger partial charge in [0, 0.05) is 11.9 Å². The summed E-state index contributed by atoms with van der Waals surface area (Å²) in [6.45, 7) is 0. The second-order valence-electron chi connectivity index (χ2n) is 3.05. The van der Waals surface area contributed by atoms with Gasteiger partial charge in [-0.25, -0.2) is 0 Å². The normalized spacial score (nSPS) is 13.1. The van der Waals surface area contributed by atoms with E-state index in [2.05, 4.69) is 21.0 Å². The van der Waals surface area contributed by atoms with E-state index in [1.54, 1.807) is 11.7 Å². The molecule has 0 aliphatic carbocycles. The topological polar surface area (TPSA) is 38.0 Å². The Balaban J connectivity index is 2.40. The average molecular weight is 308 g/mol. The van der Waals surface area contributed by atoms with Crippen molar-refractivity contribution in [2.24, 2.45) is 7.05 Å². The number of hydrogen-bond donors (Lipinski definition) is 1. The first-order chi connectivity index (χ1) is 7.09. The third-order valence-electron chi connectivity index (χ3n) is 2.06. The van der Waals surface area contributed by atoms with Crippen molar-refractivity contribution in [3.05, 3.63) is 37.7 Å². The van der Waals surface area contributed by atoms with E-state index < -0.39 is 6.10 Å². The fourth-order valence-corrected chi connectivity index (χ4v) is 3.02. The molecule has 0 bridgehead atoms. The van der Waals surface area contributed by atoms with E-state index in [4.69, 9.17) is 11.6 Å². The summed E-state index contributed by atoms with van der Waals surface area (Å²) in [7, 11) is 1.76. The third kappa shape index (κ3) is 2.10. The fourth-order valence-electron chi connectivity index (χ4n) is 1.34. The predicted molar refractivity (Wildman–Crippen MR) is 64.3 cm³/mol. The van der Waals surface area contributed by atoms with Gasteiger partial charge >= 0.3 is 0 Å².